The number of benzene rings is 1. The minimum atomic E-state index is 0.166. The first kappa shape index (κ1) is 13.3. The molecule has 1 aromatic heterocycles. The van der Waals surface area contributed by atoms with Gasteiger partial charge >= 0.3 is 0 Å². The highest BCUT2D eigenvalue weighted by Gasteiger charge is 2.09. The highest BCUT2D eigenvalue weighted by molar-refractivity contribution is 5.74. The van der Waals surface area contributed by atoms with E-state index in [-0.39, 0.29) is 6.10 Å². The fourth-order valence-corrected chi connectivity index (χ4v) is 1.90. The summed E-state index contributed by atoms with van der Waals surface area (Å²) in [6.07, 6.45) is 0.166. The highest BCUT2D eigenvalue weighted by atomic mass is 16.5. The van der Waals surface area contributed by atoms with Crippen molar-refractivity contribution >= 4 is 5.69 Å². The van der Waals surface area contributed by atoms with Crippen molar-refractivity contribution in [3.63, 3.8) is 0 Å². The maximum absolute atomic E-state index is 6.05. The van der Waals surface area contributed by atoms with Gasteiger partial charge in [-0.1, -0.05) is 0 Å². The normalized spacial score (nSPS) is 10.8. The van der Waals surface area contributed by atoms with Crippen molar-refractivity contribution in [2.75, 3.05) is 5.73 Å². The lowest BCUT2D eigenvalue weighted by atomic mass is 10.1. The third-order valence-electron chi connectivity index (χ3n) is 2.75. The molecule has 0 fully saturated rings. The molecule has 0 bridgehead atoms. The van der Waals surface area contributed by atoms with Crippen LogP contribution >= 0.6 is 0 Å². The molecule has 1 heterocycles. The van der Waals surface area contributed by atoms with E-state index < -0.39 is 0 Å². The first-order chi connectivity index (χ1) is 8.97. The zero-order valence-electron chi connectivity index (χ0n) is 11.8. The van der Waals surface area contributed by atoms with Crippen LogP contribution in [0.15, 0.2) is 24.3 Å². The lowest BCUT2D eigenvalue weighted by Gasteiger charge is -2.11. The second kappa shape index (κ2) is 5.26. The van der Waals surface area contributed by atoms with Crippen molar-refractivity contribution in [2.24, 2.45) is 0 Å². The summed E-state index contributed by atoms with van der Waals surface area (Å²) in [5, 5.41) is 0. The Morgan fingerprint density at radius 3 is 2.26 bits per heavy atom. The maximum Gasteiger partial charge on any atom is 0.126 e. The Hall–Kier alpha value is -2.10. The van der Waals surface area contributed by atoms with Gasteiger partial charge in [0.25, 0.3) is 0 Å². The average molecular weight is 257 g/mol. The molecule has 4 heteroatoms. The smallest absolute Gasteiger partial charge is 0.126 e. The van der Waals surface area contributed by atoms with E-state index in [4.69, 9.17) is 10.5 Å². The largest absolute Gasteiger partial charge is 0.491 e. The van der Waals surface area contributed by atoms with Crippen LogP contribution in [0.1, 0.15) is 25.4 Å². The van der Waals surface area contributed by atoms with E-state index >= 15 is 0 Å². The number of hydrogen-bond donors (Lipinski definition) is 1. The number of aromatic nitrogens is 2. The van der Waals surface area contributed by atoms with E-state index in [1.165, 1.54) is 0 Å². The summed E-state index contributed by atoms with van der Waals surface area (Å²) in [6, 6.07) is 7.80. The molecule has 100 valence electrons. The van der Waals surface area contributed by atoms with Crippen molar-refractivity contribution in [1.29, 1.82) is 0 Å². The molecule has 0 aliphatic rings. The van der Waals surface area contributed by atoms with E-state index in [9.17, 15) is 0 Å². The monoisotopic (exact) mass is 257 g/mol. The van der Waals surface area contributed by atoms with Gasteiger partial charge in [0.2, 0.25) is 0 Å². The summed E-state index contributed by atoms with van der Waals surface area (Å²) in [7, 11) is 0. The van der Waals surface area contributed by atoms with E-state index in [2.05, 4.69) is 9.97 Å². The first-order valence-electron chi connectivity index (χ1n) is 6.35. The van der Waals surface area contributed by atoms with Crippen LogP contribution in [0.4, 0.5) is 5.69 Å². The Morgan fingerprint density at radius 2 is 1.68 bits per heavy atom. The van der Waals surface area contributed by atoms with Crippen molar-refractivity contribution < 1.29 is 4.74 Å². The molecule has 1 aromatic carbocycles. The number of ether oxygens (including phenoxy) is 1. The molecular formula is C15H19N3O. The second-order valence-corrected chi connectivity index (χ2v) is 4.81. The van der Waals surface area contributed by atoms with Crippen molar-refractivity contribution in [3.05, 3.63) is 35.8 Å². The van der Waals surface area contributed by atoms with Gasteiger partial charge in [-0.2, -0.15) is 0 Å². The van der Waals surface area contributed by atoms with E-state index in [1.807, 2.05) is 52.0 Å². The summed E-state index contributed by atoms with van der Waals surface area (Å²) in [5.74, 6) is 1.57. The van der Waals surface area contributed by atoms with Crippen LogP contribution in [0.25, 0.3) is 11.3 Å². The number of hydrogen-bond acceptors (Lipinski definition) is 4. The van der Waals surface area contributed by atoms with Crippen LogP contribution < -0.4 is 10.5 Å². The minimum Gasteiger partial charge on any atom is -0.491 e. The molecule has 2 N–H and O–H groups in total. The fraction of sp³-hybridized carbons (Fsp3) is 0.333. The summed E-state index contributed by atoms with van der Waals surface area (Å²) in [4.78, 5) is 8.67. The summed E-state index contributed by atoms with van der Waals surface area (Å²) < 4.78 is 5.62. The maximum atomic E-state index is 6.05. The number of anilines is 1. The van der Waals surface area contributed by atoms with Gasteiger partial charge in [-0.25, -0.2) is 9.97 Å². The molecule has 0 unspecified atom stereocenters. The molecule has 0 saturated carbocycles. The summed E-state index contributed by atoms with van der Waals surface area (Å²) in [6.45, 7) is 7.77. The Kier molecular flexibility index (Phi) is 3.69. The van der Waals surface area contributed by atoms with Crippen LogP contribution in [0.3, 0.4) is 0 Å². The molecular weight excluding hydrogens is 238 g/mol. The fourth-order valence-electron chi connectivity index (χ4n) is 1.90. The van der Waals surface area contributed by atoms with Gasteiger partial charge in [-0.05, 0) is 52.0 Å². The van der Waals surface area contributed by atoms with E-state index in [1.54, 1.807) is 0 Å². The molecule has 2 rings (SSSR count). The predicted octanol–water partition coefficient (Wildman–Crippen LogP) is 3.13. The van der Waals surface area contributed by atoms with Crippen LogP contribution in [-0.4, -0.2) is 16.1 Å². The summed E-state index contributed by atoms with van der Waals surface area (Å²) in [5.41, 5.74) is 9.24. The van der Waals surface area contributed by atoms with Gasteiger partial charge in [0.05, 0.1) is 23.2 Å². The first-order valence-corrected chi connectivity index (χ1v) is 6.35. The molecule has 0 spiro atoms. The number of nitrogen functional groups attached to an aromatic ring is 1. The quantitative estimate of drug-likeness (QED) is 0.917. The Labute approximate surface area is 113 Å². The van der Waals surface area contributed by atoms with E-state index in [0.717, 1.165) is 28.5 Å². The lowest BCUT2D eigenvalue weighted by Crippen LogP contribution is -2.05. The zero-order valence-corrected chi connectivity index (χ0v) is 11.8. The minimum absolute atomic E-state index is 0.166. The average Bonchev–Trinajstić information content (AvgIpc) is 2.34. The topological polar surface area (TPSA) is 61.0 Å². The number of nitrogens with two attached hydrogens (primary N) is 1. The van der Waals surface area contributed by atoms with Crippen LogP contribution in [0.2, 0.25) is 0 Å². The van der Waals surface area contributed by atoms with Crippen LogP contribution in [-0.2, 0) is 0 Å². The molecule has 0 amide bonds. The molecule has 0 aliphatic heterocycles. The molecule has 4 nitrogen and oxygen atoms in total. The van der Waals surface area contributed by atoms with Gasteiger partial charge < -0.3 is 10.5 Å². The molecule has 2 aromatic rings. The zero-order chi connectivity index (χ0) is 14.0. The van der Waals surface area contributed by atoms with Crippen LogP contribution in [0, 0.1) is 13.8 Å². The molecule has 0 radical (unpaired) electrons. The highest BCUT2D eigenvalue weighted by Crippen LogP contribution is 2.27. The van der Waals surface area contributed by atoms with Crippen molar-refractivity contribution in [2.45, 2.75) is 33.8 Å². The SMILES string of the molecule is Cc1nc(C)c(N)c(-c2ccc(OC(C)C)cc2)n1. The third-order valence-corrected chi connectivity index (χ3v) is 2.75. The van der Waals surface area contributed by atoms with Crippen molar-refractivity contribution in [1.82, 2.24) is 9.97 Å². The molecule has 0 aliphatic carbocycles. The Balaban J connectivity index is 2.37. The van der Waals surface area contributed by atoms with Gasteiger partial charge in [0.15, 0.2) is 0 Å². The van der Waals surface area contributed by atoms with Gasteiger partial charge in [-0.3, -0.25) is 0 Å². The van der Waals surface area contributed by atoms with Crippen LogP contribution in [0.5, 0.6) is 5.75 Å². The standard InChI is InChI=1S/C15H19N3O/c1-9(2)19-13-7-5-12(6-8-13)15-14(16)10(3)17-11(4)18-15/h5-9H,16H2,1-4H3. The molecule has 0 saturated heterocycles. The Morgan fingerprint density at radius 1 is 1.05 bits per heavy atom. The second-order valence-electron chi connectivity index (χ2n) is 4.81. The lowest BCUT2D eigenvalue weighted by molar-refractivity contribution is 0.242. The predicted molar refractivity (Wildman–Crippen MR) is 77.1 cm³/mol. The third kappa shape index (κ3) is 3.02. The molecule has 0 atom stereocenters. The number of rotatable bonds is 3. The van der Waals surface area contributed by atoms with Crippen molar-refractivity contribution in [3.8, 4) is 17.0 Å². The number of aryl methyl sites for hydroxylation is 2. The molecule has 19 heavy (non-hydrogen) atoms. The van der Waals surface area contributed by atoms with Gasteiger partial charge in [0, 0.05) is 5.56 Å². The van der Waals surface area contributed by atoms with Gasteiger partial charge in [-0.15, -0.1) is 0 Å². The summed E-state index contributed by atoms with van der Waals surface area (Å²) >= 11 is 0. The number of nitrogens with zero attached hydrogens (tertiary/aromatic N) is 2. The Bertz CT molecular complexity index is 577. The van der Waals surface area contributed by atoms with E-state index in [0.29, 0.717) is 5.69 Å². The van der Waals surface area contributed by atoms with Gasteiger partial charge in [0.1, 0.15) is 11.6 Å².